The lowest BCUT2D eigenvalue weighted by molar-refractivity contribution is 0.354. The Morgan fingerprint density at radius 3 is 2.20 bits per heavy atom. The molecule has 2 rings (SSSR count). The Balaban J connectivity index is 2.27. The molecule has 0 bridgehead atoms. The summed E-state index contributed by atoms with van der Waals surface area (Å²) in [5.41, 5.74) is 2.43. The van der Waals surface area contributed by atoms with Crippen LogP contribution in [0.2, 0.25) is 0 Å². The summed E-state index contributed by atoms with van der Waals surface area (Å²) in [4.78, 5) is 0.207. The number of ether oxygens (including phenoxy) is 2. The van der Waals surface area contributed by atoms with Gasteiger partial charge in [-0.25, -0.2) is 0 Å². The van der Waals surface area contributed by atoms with Crippen molar-refractivity contribution in [3.8, 4) is 11.5 Å². The summed E-state index contributed by atoms with van der Waals surface area (Å²) in [6.45, 7) is 0. The monoisotopic (exact) mass is 398 g/mol. The maximum Gasteiger partial charge on any atom is 0.161 e. The predicted octanol–water partition coefficient (Wildman–Crippen LogP) is 5.15. The van der Waals surface area contributed by atoms with Gasteiger partial charge in [-0.15, -0.1) is 0 Å². The molecule has 2 aromatic carbocycles. The third kappa shape index (κ3) is 3.55. The van der Waals surface area contributed by atoms with Gasteiger partial charge in [0.25, 0.3) is 0 Å². The zero-order valence-corrected chi connectivity index (χ0v) is 14.6. The lowest BCUT2D eigenvalue weighted by atomic mass is 10.0. The van der Waals surface area contributed by atoms with E-state index in [-0.39, 0.29) is 4.83 Å². The largest absolute Gasteiger partial charge is 0.493 e. The van der Waals surface area contributed by atoms with Crippen molar-refractivity contribution in [2.45, 2.75) is 11.2 Å². The fraction of sp³-hybridized carbons (Fsp3) is 0.250. The quantitative estimate of drug-likeness (QED) is 0.647. The molecule has 0 radical (unpaired) electrons. The van der Waals surface area contributed by atoms with Crippen molar-refractivity contribution in [1.82, 2.24) is 0 Å². The molecule has 0 aliphatic heterocycles. The first-order valence-corrected chi connectivity index (χ1v) is 7.96. The van der Waals surface area contributed by atoms with Gasteiger partial charge in [0.1, 0.15) is 0 Å². The van der Waals surface area contributed by atoms with Crippen molar-refractivity contribution in [2.24, 2.45) is 0 Å². The standard InChI is InChI=1S/C16H16Br2O2/c1-19-15-9-12(14(18)10-16(15)20-2)13(17)8-11-6-4-3-5-7-11/h3-7,9-10,13H,8H2,1-2H3. The van der Waals surface area contributed by atoms with Gasteiger partial charge in [-0.05, 0) is 29.7 Å². The predicted molar refractivity (Wildman–Crippen MR) is 89.1 cm³/mol. The molecule has 1 unspecified atom stereocenters. The van der Waals surface area contributed by atoms with E-state index in [1.54, 1.807) is 14.2 Å². The molecule has 106 valence electrons. The highest BCUT2D eigenvalue weighted by molar-refractivity contribution is 9.11. The molecule has 0 N–H and O–H groups in total. The number of methoxy groups -OCH3 is 2. The second kappa shape index (κ2) is 7.14. The minimum Gasteiger partial charge on any atom is -0.493 e. The Morgan fingerprint density at radius 2 is 1.60 bits per heavy atom. The van der Waals surface area contributed by atoms with Crippen LogP contribution >= 0.6 is 31.9 Å². The highest BCUT2D eigenvalue weighted by Gasteiger charge is 2.16. The third-order valence-corrected chi connectivity index (χ3v) is 4.60. The lowest BCUT2D eigenvalue weighted by Gasteiger charge is -2.16. The SMILES string of the molecule is COc1cc(Br)c(C(Br)Cc2ccccc2)cc1OC. The van der Waals surface area contributed by atoms with Crippen molar-refractivity contribution >= 4 is 31.9 Å². The number of benzene rings is 2. The van der Waals surface area contributed by atoms with Crippen molar-refractivity contribution < 1.29 is 9.47 Å². The van der Waals surface area contributed by atoms with Gasteiger partial charge < -0.3 is 9.47 Å². The third-order valence-electron chi connectivity index (χ3n) is 3.10. The molecular weight excluding hydrogens is 384 g/mol. The fourth-order valence-corrected chi connectivity index (χ4v) is 3.70. The molecule has 0 saturated heterocycles. The molecule has 0 heterocycles. The Morgan fingerprint density at radius 1 is 1.00 bits per heavy atom. The number of alkyl halides is 1. The minimum atomic E-state index is 0.207. The van der Waals surface area contributed by atoms with Crippen molar-refractivity contribution in [3.63, 3.8) is 0 Å². The van der Waals surface area contributed by atoms with Gasteiger partial charge in [-0.3, -0.25) is 0 Å². The van der Waals surface area contributed by atoms with E-state index in [2.05, 4.69) is 56.1 Å². The van der Waals surface area contributed by atoms with Gasteiger partial charge in [0.2, 0.25) is 0 Å². The smallest absolute Gasteiger partial charge is 0.161 e. The lowest BCUT2D eigenvalue weighted by Crippen LogP contribution is -1.99. The van der Waals surface area contributed by atoms with Crippen LogP contribution in [-0.4, -0.2) is 14.2 Å². The van der Waals surface area contributed by atoms with Crippen LogP contribution in [0.15, 0.2) is 46.9 Å². The van der Waals surface area contributed by atoms with Crippen LogP contribution in [0, 0.1) is 0 Å². The molecule has 4 heteroatoms. The molecule has 2 nitrogen and oxygen atoms in total. The van der Waals surface area contributed by atoms with Crippen LogP contribution in [-0.2, 0) is 6.42 Å². The van der Waals surface area contributed by atoms with Gasteiger partial charge in [-0.2, -0.15) is 0 Å². The van der Waals surface area contributed by atoms with Gasteiger partial charge in [0, 0.05) is 9.30 Å². The molecule has 0 amide bonds. The highest BCUT2D eigenvalue weighted by Crippen LogP contribution is 2.39. The summed E-state index contributed by atoms with van der Waals surface area (Å²) >= 11 is 7.36. The molecule has 0 aromatic heterocycles. The summed E-state index contributed by atoms with van der Waals surface area (Å²) < 4.78 is 11.7. The maximum absolute atomic E-state index is 5.37. The Labute approximate surface area is 136 Å². The van der Waals surface area contributed by atoms with E-state index >= 15 is 0 Å². The molecule has 0 saturated carbocycles. The maximum atomic E-state index is 5.37. The summed E-state index contributed by atoms with van der Waals surface area (Å²) in [6.07, 6.45) is 0.912. The van der Waals surface area contributed by atoms with E-state index in [9.17, 15) is 0 Å². The molecule has 0 fully saturated rings. The first-order chi connectivity index (χ1) is 9.65. The number of rotatable bonds is 5. The second-order valence-corrected chi connectivity index (χ2v) is 6.35. The minimum absolute atomic E-state index is 0.207. The topological polar surface area (TPSA) is 18.5 Å². The average Bonchev–Trinajstić information content (AvgIpc) is 2.47. The Hall–Kier alpha value is -1.00. The van der Waals surface area contributed by atoms with Crippen molar-refractivity contribution in [1.29, 1.82) is 0 Å². The molecule has 0 aliphatic carbocycles. The molecule has 20 heavy (non-hydrogen) atoms. The average molecular weight is 400 g/mol. The first-order valence-electron chi connectivity index (χ1n) is 6.25. The summed E-state index contributed by atoms with van der Waals surface area (Å²) in [5.74, 6) is 1.46. The van der Waals surface area contributed by atoms with E-state index in [0.717, 1.165) is 28.0 Å². The normalized spacial score (nSPS) is 12.0. The molecule has 2 aromatic rings. The highest BCUT2D eigenvalue weighted by atomic mass is 79.9. The first kappa shape index (κ1) is 15.4. The van der Waals surface area contributed by atoms with E-state index in [0.29, 0.717) is 0 Å². The van der Waals surface area contributed by atoms with E-state index in [1.165, 1.54) is 5.56 Å². The fourth-order valence-electron chi connectivity index (χ4n) is 2.04. The molecular formula is C16H16Br2O2. The number of hydrogen-bond donors (Lipinski definition) is 0. The van der Waals surface area contributed by atoms with Crippen LogP contribution in [0.1, 0.15) is 16.0 Å². The molecule has 1 atom stereocenters. The summed E-state index contributed by atoms with van der Waals surface area (Å²) in [6, 6.07) is 14.3. The number of halogens is 2. The van der Waals surface area contributed by atoms with Gasteiger partial charge in [0.15, 0.2) is 11.5 Å². The van der Waals surface area contributed by atoms with Crippen LogP contribution in [0.5, 0.6) is 11.5 Å². The zero-order valence-electron chi connectivity index (χ0n) is 11.4. The van der Waals surface area contributed by atoms with E-state index in [4.69, 9.17) is 9.47 Å². The van der Waals surface area contributed by atoms with E-state index in [1.807, 2.05) is 18.2 Å². The van der Waals surface area contributed by atoms with Crippen LogP contribution < -0.4 is 9.47 Å². The molecule has 0 aliphatic rings. The van der Waals surface area contributed by atoms with Crippen molar-refractivity contribution in [3.05, 3.63) is 58.1 Å². The van der Waals surface area contributed by atoms with Gasteiger partial charge in [-0.1, -0.05) is 62.2 Å². The summed E-state index contributed by atoms with van der Waals surface area (Å²) in [5, 5.41) is 0. The van der Waals surface area contributed by atoms with Crippen LogP contribution in [0.4, 0.5) is 0 Å². The second-order valence-electron chi connectivity index (χ2n) is 4.39. The van der Waals surface area contributed by atoms with Gasteiger partial charge >= 0.3 is 0 Å². The van der Waals surface area contributed by atoms with Gasteiger partial charge in [0.05, 0.1) is 14.2 Å². The van der Waals surface area contributed by atoms with Crippen LogP contribution in [0.25, 0.3) is 0 Å². The zero-order chi connectivity index (χ0) is 14.5. The van der Waals surface area contributed by atoms with Crippen LogP contribution in [0.3, 0.4) is 0 Å². The Bertz CT molecular complexity index is 570. The van der Waals surface area contributed by atoms with E-state index < -0.39 is 0 Å². The van der Waals surface area contributed by atoms with Crippen molar-refractivity contribution in [2.75, 3.05) is 14.2 Å². The summed E-state index contributed by atoms with van der Waals surface area (Å²) in [7, 11) is 3.29. The number of hydrogen-bond acceptors (Lipinski definition) is 2. The Kier molecular flexibility index (Phi) is 5.49. The molecule has 0 spiro atoms.